The van der Waals surface area contributed by atoms with Crippen molar-refractivity contribution >= 4 is 12.2 Å². The van der Waals surface area contributed by atoms with Gasteiger partial charge < -0.3 is 0 Å². The third-order valence-corrected chi connectivity index (χ3v) is 1.48. The van der Waals surface area contributed by atoms with E-state index in [1.165, 1.54) is 10.7 Å². The summed E-state index contributed by atoms with van der Waals surface area (Å²) >= 11 is 0. The quantitative estimate of drug-likeness (QED) is 0.478. The third kappa shape index (κ3) is 0.633. The first-order valence-electron chi connectivity index (χ1n) is 3.06. The van der Waals surface area contributed by atoms with Crippen LogP contribution in [0.1, 0.15) is 6.42 Å². The monoisotopic (exact) mass is 120 g/mol. The van der Waals surface area contributed by atoms with E-state index in [1.807, 2.05) is 0 Å². The van der Waals surface area contributed by atoms with Crippen LogP contribution in [-0.4, -0.2) is 10.2 Å². The molecular formula is C7H8N2. The fraction of sp³-hybridized carbons (Fsp3) is 0.143. The van der Waals surface area contributed by atoms with Crippen molar-refractivity contribution in [2.75, 3.05) is 0 Å². The van der Waals surface area contributed by atoms with Crippen molar-refractivity contribution in [2.45, 2.75) is 6.42 Å². The van der Waals surface area contributed by atoms with Crippen molar-refractivity contribution in [3.63, 3.8) is 0 Å². The molecule has 0 atom stereocenters. The molecule has 2 heteroatoms. The number of nitrogens with one attached hydrogen (secondary N) is 2. The molecule has 2 nitrogen and oxygen atoms in total. The zero-order valence-electron chi connectivity index (χ0n) is 5.02. The Morgan fingerprint density at radius 1 is 1.22 bits per heavy atom. The van der Waals surface area contributed by atoms with Gasteiger partial charge in [0.25, 0.3) is 0 Å². The van der Waals surface area contributed by atoms with Gasteiger partial charge in [-0.05, 0) is 12.5 Å². The number of H-pyrrole nitrogens is 2. The zero-order valence-corrected chi connectivity index (χ0v) is 5.02. The Morgan fingerprint density at radius 2 is 2.11 bits per heavy atom. The maximum absolute atomic E-state index is 2.99. The summed E-state index contributed by atoms with van der Waals surface area (Å²) < 4.78 is 0. The van der Waals surface area contributed by atoms with Crippen LogP contribution in [0.15, 0.2) is 12.2 Å². The van der Waals surface area contributed by atoms with Crippen LogP contribution < -0.4 is 10.7 Å². The maximum Gasteiger partial charge on any atom is 0.0785 e. The first-order chi connectivity index (χ1) is 4.47. The highest BCUT2D eigenvalue weighted by Gasteiger charge is 1.87. The lowest BCUT2D eigenvalue weighted by atomic mass is 10.4. The molecule has 0 aliphatic heterocycles. The van der Waals surface area contributed by atoms with Gasteiger partial charge in [0.1, 0.15) is 0 Å². The van der Waals surface area contributed by atoms with Crippen LogP contribution in [-0.2, 0) is 0 Å². The van der Waals surface area contributed by atoms with Gasteiger partial charge in [0, 0.05) is 0 Å². The summed E-state index contributed by atoms with van der Waals surface area (Å²) in [4.78, 5) is 0. The Balaban J connectivity index is 2.71. The van der Waals surface area contributed by atoms with Crippen LogP contribution in [0.3, 0.4) is 0 Å². The topological polar surface area (TPSA) is 31.6 Å². The smallest absolute Gasteiger partial charge is 0.0785 e. The van der Waals surface area contributed by atoms with E-state index < -0.39 is 0 Å². The average Bonchev–Trinajstić information content (AvgIpc) is 1.94. The Bertz CT molecular complexity index is 324. The molecular weight excluding hydrogens is 112 g/mol. The molecule has 0 aromatic carbocycles. The molecule has 1 aliphatic carbocycles. The average molecular weight is 120 g/mol. The lowest BCUT2D eigenvalue weighted by Gasteiger charge is -1.93. The fourth-order valence-corrected chi connectivity index (χ4v) is 0.928. The Hall–Kier alpha value is -1.18. The molecule has 2 N–H and O–H groups in total. The molecule has 0 radical (unpaired) electrons. The molecule has 0 spiro atoms. The SMILES string of the molecule is C1=CCC=c2[nH][nH]c2=C1. The van der Waals surface area contributed by atoms with Gasteiger partial charge in [-0.25, -0.2) is 0 Å². The number of aromatic nitrogens is 2. The van der Waals surface area contributed by atoms with E-state index in [0.717, 1.165) is 6.42 Å². The maximum atomic E-state index is 2.99. The second kappa shape index (κ2) is 1.65. The van der Waals surface area contributed by atoms with Crippen LogP contribution in [0.4, 0.5) is 0 Å². The lowest BCUT2D eigenvalue weighted by molar-refractivity contribution is 0.866. The van der Waals surface area contributed by atoms with Crippen molar-refractivity contribution in [2.24, 2.45) is 0 Å². The second-order valence-electron chi connectivity index (χ2n) is 2.11. The zero-order chi connectivity index (χ0) is 6.10. The van der Waals surface area contributed by atoms with Crippen molar-refractivity contribution in [3.05, 3.63) is 22.9 Å². The van der Waals surface area contributed by atoms with Crippen LogP contribution in [0.5, 0.6) is 0 Å². The second-order valence-corrected chi connectivity index (χ2v) is 2.11. The van der Waals surface area contributed by atoms with E-state index >= 15 is 0 Å². The highest BCUT2D eigenvalue weighted by atomic mass is 15.1. The van der Waals surface area contributed by atoms with Gasteiger partial charge in [0.15, 0.2) is 0 Å². The van der Waals surface area contributed by atoms with Crippen molar-refractivity contribution in [1.82, 2.24) is 10.2 Å². The molecule has 1 aromatic rings. The van der Waals surface area contributed by atoms with E-state index in [-0.39, 0.29) is 0 Å². The molecule has 1 aromatic heterocycles. The summed E-state index contributed by atoms with van der Waals surface area (Å²) in [5, 5.41) is 8.39. The van der Waals surface area contributed by atoms with Crippen molar-refractivity contribution in [1.29, 1.82) is 0 Å². The summed E-state index contributed by atoms with van der Waals surface area (Å²) in [5.41, 5.74) is 0. The molecule has 1 aliphatic rings. The first kappa shape index (κ1) is 4.68. The normalized spacial score (nSPS) is 15.6. The number of fused-ring (bicyclic) bond motifs is 1. The van der Waals surface area contributed by atoms with Crippen LogP contribution in [0.2, 0.25) is 0 Å². The molecule has 0 unspecified atom stereocenters. The molecule has 46 valence electrons. The highest BCUT2D eigenvalue weighted by molar-refractivity contribution is 5.40. The molecule has 0 fully saturated rings. The van der Waals surface area contributed by atoms with Gasteiger partial charge in [-0.1, -0.05) is 18.2 Å². The standard InChI is InChI=1S/C7H8N2/c1-2-4-6-7(5-3-1)9-8-6/h1-2,4-5,8-9H,3H2. The van der Waals surface area contributed by atoms with Crippen LogP contribution >= 0.6 is 0 Å². The summed E-state index contributed by atoms with van der Waals surface area (Å²) in [5.74, 6) is 0. The summed E-state index contributed by atoms with van der Waals surface area (Å²) in [7, 11) is 0. The summed E-state index contributed by atoms with van der Waals surface area (Å²) in [6.07, 6.45) is 9.44. The summed E-state index contributed by atoms with van der Waals surface area (Å²) in [6.45, 7) is 0. The molecule has 2 rings (SSSR count). The van der Waals surface area contributed by atoms with E-state index in [0.29, 0.717) is 0 Å². The van der Waals surface area contributed by atoms with E-state index in [1.54, 1.807) is 0 Å². The molecule has 0 saturated carbocycles. The molecule has 0 saturated heterocycles. The third-order valence-electron chi connectivity index (χ3n) is 1.48. The summed E-state index contributed by atoms with van der Waals surface area (Å²) in [6, 6.07) is 0. The predicted molar refractivity (Wildman–Crippen MR) is 37.1 cm³/mol. The van der Waals surface area contributed by atoms with Gasteiger partial charge in [0.2, 0.25) is 0 Å². The number of rotatable bonds is 0. The number of aromatic amines is 2. The number of hydrogen-bond donors (Lipinski definition) is 2. The highest BCUT2D eigenvalue weighted by Crippen LogP contribution is 1.85. The van der Waals surface area contributed by atoms with Gasteiger partial charge >= 0.3 is 0 Å². The van der Waals surface area contributed by atoms with Gasteiger partial charge in [0.05, 0.1) is 10.7 Å². The molecule has 9 heavy (non-hydrogen) atoms. The van der Waals surface area contributed by atoms with E-state index in [4.69, 9.17) is 0 Å². The molecule has 0 bridgehead atoms. The van der Waals surface area contributed by atoms with Crippen LogP contribution in [0, 0.1) is 0 Å². The fourth-order valence-electron chi connectivity index (χ4n) is 0.928. The number of allylic oxidation sites excluding steroid dienone is 2. The minimum atomic E-state index is 1.03. The first-order valence-corrected chi connectivity index (χ1v) is 3.06. The van der Waals surface area contributed by atoms with E-state index in [9.17, 15) is 0 Å². The molecule has 0 amide bonds. The van der Waals surface area contributed by atoms with Crippen molar-refractivity contribution in [3.8, 4) is 0 Å². The predicted octanol–water partition coefficient (Wildman–Crippen LogP) is -0.136. The largest absolute Gasteiger partial charge is 0.299 e. The van der Waals surface area contributed by atoms with Gasteiger partial charge in [-0.2, -0.15) is 0 Å². The Morgan fingerprint density at radius 3 is 2.89 bits per heavy atom. The molecule has 1 heterocycles. The number of hydrogen-bond acceptors (Lipinski definition) is 0. The minimum absolute atomic E-state index is 1.03. The lowest BCUT2D eigenvalue weighted by Crippen LogP contribution is -2.39. The Labute approximate surface area is 52.6 Å². The van der Waals surface area contributed by atoms with Gasteiger partial charge in [-0.15, -0.1) is 0 Å². The van der Waals surface area contributed by atoms with Crippen LogP contribution in [0.25, 0.3) is 12.2 Å². The van der Waals surface area contributed by atoms with Crippen molar-refractivity contribution < 1.29 is 0 Å². The minimum Gasteiger partial charge on any atom is -0.299 e. The Kier molecular flexibility index (Phi) is 0.859. The van der Waals surface area contributed by atoms with E-state index in [2.05, 4.69) is 34.5 Å². The van der Waals surface area contributed by atoms with Gasteiger partial charge in [-0.3, -0.25) is 10.2 Å².